The van der Waals surface area contributed by atoms with E-state index in [9.17, 15) is 9.59 Å². The first-order valence-corrected chi connectivity index (χ1v) is 10.2. The molecule has 4 rings (SSSR count). The van der Waals surface area contributed by atoms with E-state index in [4.69, 9.17) is 4.42 Å². The molecule has 0 spiro atoms. The third kappa shape index (κ3) is 4.95. The van der Waals surface area contributed by atoms with Crippen LogP contribution in [-0.4, -0.2) is 39.7 Å². The Morgan fingerprint density at radius 1 is 1.07 bits per heavy atom. The molecule has 1 aliphatic heterocycles. The molecule has 0 aliphatic carbocycles. The Bertz CT molecular complexity index is 958. The lowest BCUT2D eigenvalue weighted by atomic mass is 10.1. The van der Waals surface area contributed by atoms with Crippen LogP contribution in [0.3, 0.4) is 0 Å². The van der Waals surface area contributed by atoms with Crippen LogP contribution >= 0.6 is 0 Å². The van der Waals surface area contributed by atoms with Gasteiger partial charge in [-0.25, -0.2) is 0 Å². The minimum atomic E-state index is -0.333. The van der Waals surface area contributed by atoms with Gasteiger partial charge >= 0.3 is 0 Å². The van der Waals surface area contributed by atoms with Gasteiger partial charge in [-0.2, -0.15) is 0 Å². The number of carbonyl (C=O) groups excluding carboxylic acids is 2. The monoisotopic (exact) mass is 403 g/mol. The summed E-state index contributed by atoms with van der Waals surface area (Å²) >= 11 is 0. The normalized spacial score (nSPS) is 16.1. The molecule has 0 saturated carbocycles. The highest BCUT2D eigenvalue weighted by Crippen LogP contribution is 2.23. The van der Waals surface area contributed by atoms with Crippen molar-refractivity contribution in [2.45, 2.75) is 25.9 Å². The van der Waals surface area contributed by atoms with Gasteiger partial charge in [-0.05, 0) is 35.7 Å². The summed E-state index contributed by atoms with van der Waals surface area (Å²) in [6, 6.07) is 17.6. The number of hydrogen-bond acceptors (Lipinski definition) is 4. The molecule has 6 heteroatoms. The molecule has 0 radical (unpaired) electrons. The van der Waals surface area contributed by atoms with Crippen LogP contribution in [0.1, 0.15) is 23.3 Å². The summed E-state index contributed by atoms with van der Waals surface area (Å²) in [5.41, 5.74) is 2.14. The molecule has 1 unspecified atom stereocenters. The highest BCUT2D eigenvalue weighted by molar-refractivity contribution is 5.89. The molecule has 0 N–H and O–H groups in total. The molecule has 1 aliphatic rings. The van der Waals surface area contributed by atoms with Crippen LogP contribution in [0.4, 0.5) is 0 Å². The van der Waals surface area contributed by atoms with Crippen LogP contribution in [-0.2, 0) is 29.1 Å². The van der Waals surface area contributed by atoms with Crippen molar-refractivity contribution < 1.29 is 14.0 Å². The van der Waals surface area contributed by atoms with E-state index in [1.165, 1.54) is 5.56 Å². The Balaban J connectivity index is 1.42. The second kappa shape index (κ2) is 9.39. The molecule has 2 amide bonds. The molecule has 0 bridgehead atoms. The number of carbonyl (C=O) groups is 2. The fourth-order valence-corrected chi connectivity index (χ4v) is 3.84. The van der Waals surface area contributed by atoms with Gasteiger partial charge in [0.2, 0.25) is 11.8 Å². The van der Waals surface area contributed by atoms with E-state index >= 15 is 0 Å². The summed E-state index contributed by atoms with van der Waals surface area (Å²) in [6.45, 7) is 1.90. The zero-order valence-electron chi connectivity index (χ0n) is 16.8. The molecule has 2 aromatic heterocycles. The number of rotatable bonds is 8. The van der Waals surface area contributed by atoms with Crippen LogP contribution < -0.4 is 0 Å². The van der Waals surface area contributed by atoms with Crippen LogP contribution in [0.5, 0.6) is 0 Å². The maximum absolute atomic E-state index is 13.3. The molecule has 154 valence electrons. The van der Waals surface area contributed by atoms with E-state index in [2.05, 4.69) is 17.1 Å². The second-order valence-corrected chi connectivity index (χ2v) is 7.61. The predicted octanol–water partition coefficient (Wildman–Crippen LogP) is 3.29. The number of amides is 2. The summed E-state index contributed by atoms with van der Waals surface area (Å²) in [5.74, 6) is 0.409. The van der Waals surface area contributed by atoms with Crippen molar-refractivity contribution in [2.24, 2.45) is 5.92 Å². The zero-order chi connectivity index (χ0) is 20.8. The Morgan fingerprint density at radius 2 is 1.90 bits per heavy atom. The Morgan fingerprint density at radius 3 is 2.63 bits per heavy atom. The van der Waals surface area contributed by atoms with Gasteiger partial charge in [0.15, 0.2) is 0 Å². The van der Waals surface area contributed by atoms with Crippen molar-refractivity contribution in [2.75, 3.05) is 13.1 Å². The van der Waals surface area contributed by atoms with E-state index in [0.29, 0.717) is 26.2 Å². The van der Waals surface area contributed by atoms with Crippen LogP contribution in [0.25, 0.3) is 0 Å². The molecule has 6 nitrogen and oxygen atoms in total. The van der Waals surface area contributed by atoms with Gasteiger partial charge in [0.05, 0.1) is 18.7 Å². The van der Waals surface area contributed by atoms with Gasteiger partial charge in [0.25, 0.3) is 0 Å². The Kier molecular flexibility index (Phi) is 6.23. The maximum Gasteiger partial charge on any atom is 0.228 e. The topological polar surface area (TPSA) is 66.7 Å². The van der Waals surface area contributed by atoms with Gasteiger partial charge in [-0.3, -0.25) is 14.6 Å². The molecule has 1 fully saturated rings. The van der Waals surface area contributed by atoms with Crippen molar-refractivity contribution >= 4 is 11.8 Å². The third-order valence-corrected chi connectivity index (χ3v) is 5.41. The summed E-state index contributed by atoms with van der Waals surface area (Å²) in [7, 11) is 0. The van der Waals surface area contributed by atoms with Crippen molar-refractivity contribution in [3.8, 4) is 0 Å². The van der Waals surface area contributed by atoms with Gasteiger partial charge in [0, 0.05) is 38.4 Å². The highest BCUT2D eigenvalue weighted by Gasteiger charge is 2.36. The van der Waals surface area contributed by atoms with Gasteiger partial charge in [-0.1, -0.05) is 36.4 Å². The fourth-order valence-electron chi connectivity index (χ4n) is 3.84. The largest absolute Gasteiger partial charge is 0.467 e. The Hall–Kier alpha value is -3.41. The third-order valence-electron chi connectivity index (χ3n) is 5.41. The molecule has 1 aromatic carbocycles. The van der Waals surface area contributed by atoms with E-state index in [1.54, 1.807) is 23.6 Å². The van der Waals surface area contributed by atoms with Crippen molar-refractivity contribution in [3.05, 3.63) is 90.1 Å². The van der Waals surface area contributed by atoms with Gasteiger partial charge in [0.1, 0.15) is 5.76 Å². The highest BCUT2D eigenvalue weighted by atomic mass is 16.3. The number of aromatic nitrogens is 1. The molecular weight excluding hydrogens is 378 g/mol. The SMILES string of the molecule is O=C1CC(C(=O)N(Cc2cccnc2)Cc2ccco2)CN1CCc1ccccc1. The van der Waals surface area contributed by atoms with Crippen molar-refractivity contribution in [3.63, 3.8) is 0 Å². The first-order valence-electron chi connectivity index (χ1n) is 10.2. The molecule has 3 aromatic rings. The number of furan rings is 1. The first kappa shape index (κ1) is 19.9. The average molecular weight is 403 g/mol. The number of pyridine rings is 1. The maximum atomic E-state index is 13.3. The predicted molar refractivity (Wildman–Crippen MR) is 112 cm³/mol. The summed E-state index contributed by atoms with van der Waals surface area (Å²) in [6.07, 6.45) is 6.12. The zero-order valence-corrected chi connectivity index (χ0v) is 16.8. The smallest absolute Gasteiger partial charge is 0.228 e. The minimum Gasteiger partial charge on any atom is -0.467 e. The Labute approximate surface area is 176 Å². The molecule has 1 atom stereocenters. The van der Waals surface area contributed by atoms with Crippen LogP contribution in [0.2, 0.25) is 0 Å². The fraction of sp³-hybridized carbons (Fsp3) is 0.292. The van der Waals surface area contributed by atoms with E-state index < -0.39 is 0 Å². The lowest BCUT2D eigenvalue weighted by Crippen LogP contribution is -2.37. The van der Waals surface area contributed by atoms with Gasteiger partial charge in [-0.15, -0.1) is 0 Å². The minimum absolute atomic E-state index is 0.0224. The standard InChI is InChI=1S/C24H25N3O3/c28-23-14-21(17-26(23)12-10-19-6-2-1-3-7-19)24(29)27(18-22-9-5-13-30-22)16-20-8-4-11-25-15-20/h1-9,11,13,15,21H,10,12,14,16-18H2. The second-order valence-electron chi connectivity index (χ2n) is 7.61. The first-order chi connectivity index (χ1) is 14.7. The van der Waals surface area contributed by atoms with Crippen molar-refractivity contribution in [1.82, 2.24) is 14.8 Å². The average Bonchev–Trinajstić information content (AvgIpc) is 3.42. The van der Waals surface area contributed by atoms with Gasteiger partial charge < -0.3 is 14.2 Å². The lowest BCUT2D eigenvalue weighted by molar-refractivity contribution is -0.137. The van der Waals surface area contributed by atoms with Crippen LogP contribution in [0.15, 0.2) is 77.7 Å². The lowest BCUT2D eigenvalue weighted by Gasteiger charge is -2.25. The molecular formula is C24H25N3O3. The quantitative estimate of drug-likeness (QED) is 0.579. The number of likely N-dealkylation sites (tertiary alicyclic amines) is 1. The van der Waals surface area contributed by atoms with E-state index in [0.717, 1.165) is 17.7 Å². The molecule has 3 heterocycles. The van der Waals surface area contributed by atoms with Crippen molar-refractivity contribution in [1.29, 1.82) is 0 Å². The number of hydrogen-bond donors (Lipinski definition) is 0. The molecule has 30 heavy (non-hydrogen) atoms. The summed E-state index contributed by atoms with van der Waals surface area (Å²) in [5, 5.41) is 0. The number of nitrogens with zero attached hydrogens (tertiary/aromatic N) is 3. The van der Waals surface area contributed by atoms with E-state index in [1.807, 2.05) is 47.4 Å². The number of benzene rings is 1. The summed E-state index contributed by atoms with van der Waals surface area (Å²) < 4.78 is 5.46. The molecule has 1 saturated heterocycles. The van der Waals surface area contributed by atoms with Crippen LogP contribution in [0, 0.1) is 5.92 Å². The summed E-state index contributed by atoms with van der Waals surface area (Å²) in [4.78, 5) is 33.6. The van der Waals surface area contributed by atoms with E-state index in [-0.39, 0.29) is 24.2 Å².